The minimum absolute atomic E-state index is 0.158. The Morgan fingerprint density at radius 1 is 1.19 bits per heavy atom. The van der Waals surface area contributed by atoms with Crippen LogP contribution in [0.2, 0.25) is 0 Å². The molecule has 5 heterocycles. The molecule has 31 heavy (non-hydrogen) atoms. The van der Waals surface area contributed by atoms with Crippen molar-refractivity contribution in [2.45, 2.75) is 25.4 Å². The summed E-state index contributed by atoms with van der Waals surface area (Å²) >= 11 is 0. The third-order valence-electron chi connectivity index (χ3n) is 5.32. The molecule has 10 nitrogen and oxygen atoms in total. The molecule has 1 fully saturated rings. The Bertz CT molecular complexity index is 1250. The molecule has 1 amide bonds. The molecule has 0 aliphatic carbocycles. The van der Waals surface area contributed by atoms with Gasteiger partial charge in [0.25, 0.3) is 11.5 Å². The maximum Gasteiger partial charge on any atom is 0.276 e. The molecule has 0 radical (unpaired) electrons. The summed E-state index contributed by atoms with van der Waals surface area (Å²) in [5, 5.41) is 8.39. The van der Waals surface area contributed by atoms with Crippen LogP contribution in [-0.2, 0) is 6.54 Å². The molecule has 5 rings (SSSR count). The van der Waals surface area contributed by atoms with Gasteiger partial charge in [0, 0.05) is 49.0 Å². The van der Waals surface area contributed by atoms with Gasteiger partial charge >= 0.3 is 0 Å². The molecule has 0 aromatic carbocycles. The summed E-state index contributed by atoms with van der Waals surface area (Å²) in [5.74, 6) is 0.851. The molecule has 0 spiro atoms. The zero-order valence-corrected chi connectivity index (χ0v) is 16.5. The summed E-state index contributed by atoms with van der Waals surface area (Å²) < 4.78 is 8.47. The summed E-state index contributed by atoms with van der Waals surface area (Å²) in [5.41, 5.74) is 0.765. The molecule has 1 saturated heterocycles. The van der Waals surface area contributed by atoms with Crippen molar-refractivity contribution in [1.29, 1.82) is 0 Å². The Balaban J connectivity index is 1.36. The zero-order chi connectivity index (χ0) is 21.2. The number of amides is 1. The van der Waals surface area contributed by atoms with E-state index < -0.39 is 0 Å². The lowest BCUT2D eigenvalue weighted by Gasteiger charge is -2.24. The van der Waals surface area contributed by atoms with Crippen LogP contribution in [0.15, 0.2) is 70.8 Å². The van der Waals surface area contributed by atoms with Crippen LogP contribution in [0.25, 0.3) is 17.1 Å². The third-order valence-corrected chi connectivity index (χ3v) is 5.32. The van der Waals surface area contributed by atoms with E-state index >= 15 is 0 Å². The molecule has 4 aromatic rings. The minimum atomic E-state index is -0.222. The quantitative estimate of drug-likeness (QED) is 0.486. The SMILES string of the molecule is O=C(c1cc(-c2cccnc2)on1)N1CCCC1Cn1nc(-n2ccnc2)ccc1=O. The van der Waals surface area contributed by atoms with E-state index in [4.69, 9.17) is 4.52 Å². The van der Waals surface area contributed by atoms with E-state index in [2.05, 4.69) is 20.2 Å². The molecular weight excluding hydrogens is 398 g/mol. The first-order chi connectivity index (χ1) is 15.2. The second-order valence-corrected chi connectivity index (χ2v) is 7.29. The van der Waals surface area contributed by atoms with Gasteiger partial charge in [0.15, 0.2) is 17.3 Å². The molecular formula is C21H19N7O3. The van der Waals surface area contributed by atoms with Gasteiger partial charge in [-0.25, -0.2) is 9.67 Å². The fourth-order valence-electron chi connectivity index (χ4n) is 3.76. The molecule has 156 valence electrons. The van der Waals surface area contributed by atoms with Crippen molar-refractivity contribution in [1.82, 2.24) is 34.4 Å². The number of carbonyl (C=O) groups is 1. The second kappa shape index (κ2) is 7.98. The van der Waals surface area contributed by atoms with Crippen LogP contribution >= 0.6 is 0 Å². The van der Waals surface area contributed by atoms with Crippen molar-refractivity contribution < 1.29 is 9.32 Å². The Labute approximate surface area is 176 Å². The van der Waals surface area contributed by atoms with Crippen molar-refractivity contribution in [3.8, 4) is 17.1 Å². The molecule has 0 bridgehead atoms. The van der Waals surface area contributed by atoms with Gasteiger partial charge in [0.05, 0.1) is 12.6 Å². The molecule has 1 unspecified atom stereocenters. The second-order valence-electron chi connectivity index (χ2n) is 7.29. The lowest BCUT2D eigenvalue weighted by atomic mass is 10.2. The summed E-state index contributed by atoms with van der Waals surface area (Å²) in [6, 6.07) is 8.21. The van der Waals surface area contributed by atoms with E-state index in [1.807, 2.05) is 6.07 Å². The van der Waals surface area contributed by atoms with Crippen LogP contribution in [0.4, 0.5) is 0 Å². The predicted octanol–water partition coefficient (Wildman–Crippen LogP) is 1.78. The van der Waals surface area contributed by atoms with Crippen molar-refractivity contribution >= 4 is 5.91 Å². The number of carbonyl (C=O) groups excluding carboxylic acids is 1. The van der Waals surface area contributed by atoms with E-state index in [0.717, 1.165) is 18.4 Å². The van der Waals surface area contributed by atoms with Crippen LogP contribution in [0, 0.1) is 0 Å². The van der Waals surface area contributed by atoms with Gasteiger partial charge in [-0.2, -0.15) is 5.10 Å². The Morgan fingerprint density at radius 2 is 2.13 bits per heavy atom. The number of rotatable bonds is 5. The van der Waals surface area contributed by atoms with Crippen molar-refractivity contribution in [2.24, 2.45) is 0 Å². The first-order valence-corrected chi connectivity index (χ1v) is 9.93. The Kier molecular flexibility index (Phi) is 4.87. The Morgan fingerprint density at radius 3 is 2.94 bits per heavy atom. The van der Waals surface area contributed by atoms with Crippen LogP contribution in [0.3, 0.4) is 0 Å². The minimum Gasteiger partial charge on any atom is -0.355 e. The topological polar surface area (TPSA) is 112 Å². The van der Waals surface area contributed by atoms with E-state index in [1.54, 1.807) is 58.8 Å². The highest BCUT2D eigenvalue weighted by Crippen LogP contribution is 2.24. The Hall–Kier alpha value is -4.08. The highest BCUT2D eigenvalue weighted by atomic mass is 16.5. The van der Waals surface area contributed by atoms with E-state index in [1.165, 1.54) is 10.7 Å². The lowest BCUT2D eigenvalue weighted by molar-refractivity contribution is 0.0710. The fraction of sp³-hybridized carbons (Fsp3) is 0.238. The highest BCUT2D eigenvalue weighted by Gasteiger charge is 2.32. The van der Waals surface area contributed by atoms with Crippen molar-refractivity contribution in [2.75, 3.05) is 6.54 Å². The number of likely N-dealkylation sites (tertiary alicyclic amines) is 1. The zero-order valence-electron chi connectivity index (χ0n) is 16.5. The van der Waals surface area contributed by atoms with Gasteiger partial charge in [-0.1, -0.05) is 5.16 Å². The molecule has 1 atom stereocenters. The normalized spacial score (nSPS) is 16.0. The van der Waals surface area contributed by atoms with E-state index in [0.29, 0.717) is 24.7 Å². The van der Waals surface area contributed by atoms with Gasteiger partial charge in [-0.3, -0.25) is 19.1 Å². The maximum absolute atomic E-state index is 13.1. The predicted molar refractivity (Wildman–Crippen MR) is 109 cm³/mol. The molecule has 0 saturated carbocycles. The van der Waals surface area contributed by atoms with Gasteiger partial charge in [0.1, 0.15) is 6.33 Å². The van der Waals surface area contributed by atoms with E-state index in [-0.39, 0.29) is 23.2 Å². The average molecular weight is 417 g/mol. The molecule has 1 aliphatic rings. The number of pyridine rings is 1. The smallest absolute Gasteiger partial charge is 0.276 e. The number of nitrogens with zero attached hydrogens (tertiary/aromatic N) is 7. The first-order valence-electron chi connectivity index (χ1n) is 9.93. The van der Waals surface area contributed by atoms with E-state index in [9.17, 15) is 9.59 Å². The molecule has 10 heteroatoms. The monoisotopic (exact) mass is 417 g/mol. The summed E-state index contributed by atoms with van der Waals surface area (Å²) in [6.45, 7) is 0.898. The average Bonchev–Trinajstić information content (AvgIpc) is 3.57. The summed E-state index contributed by atoms with van der Waals surface area (Å²) in [4.78, 5) is 35.3. The number of hydrogen-bond donors (Lipinski definition) is 0. The van der Waals surface area contributed by atoms with Gasteiger partial charge in [0.2, 0.25) is 0 Å². The lowest BCUT2D eigenvalue weighted by Crippen LogP contribution is -2.40. The van der Waals surface area contributed by atoms with Crippen LogP contribution in [0.5, 0.6) is 0 Å². The van der Waals surface area contributed by atoms with Crippen LogP contribution in [-0.4, -0.2) is 52.9 Å². The van der Waals surface area contributed by atoms with Gasteiger partial charge < -0.3 is 9.42 Å². The highest BCUT2D eigenvalue weighted by molar-refractivity contribution is 5.93. The van der Waals surface area contributed by atoms with Crippen LogP contribution in [0.1, 0.15) is 23.3 Å². The van der Waals surface area contributed by atoms with Gasteiger partial charge in [-0.15, -0.1) is 0 Å². The standard InChI is InChI=1S/C21H19N7O3/c29-20-6-5-19(26-10-8-23-14-26)24-28(20)13-16-4-2-9-27(16)21(30)17-11-18(31-25-17)15-3-1-7-22-12-15/h1,3,5-8,10-12,14,16H,2,4,9,13H2. The summed E-state index contributed by atoms with van der Waals surface area (Å²) in [7, 11) is 0. The first kappa shape index (κ1) is 18.9. The third kappa shape index (κ3) is 3.75. The van der Waals surface area contributed by atoms with Gasteiger partial charge in [-0.05, 0) is 31.0 Å². The molecule has 4 aromatic heterocycles. The number of imidazole rings is 1. The van der Waals surface area contributed by atoms with Crippen LogP contribution < -0.4 is 5.56 Å². The number of hydrogen-bond acceptors (Lipinski definition) is 7. The van der Waals surface area contributed by atoms with Crippen molar-refractivity contribution in [3.05, 3.63) is 77.5 Å². The number of aromatic nitrogens is 6. The maximum atomic E-state index is 13.1. The largest absolute Gasteiger partial charge is 0.355 e. The summed E-state index contributed by atoms with van der Waals surface area (Å²) in [6.07, 6.45) is 9.96. The fourth-order valence-corrected chi connectivity index (χ4v) is 3.76. The van der Waals surface area contributed by atoms with Crippen molar-refractivity contribution in [3.63, 3.8) is 0 Å². The molecule has 0 N–H and O–H groups in total. The molecule has 1 aliphatic heterocycles.